The van der Waals surface area contributed by atoms with Crippen LogP contribution in [-0.2, 0) is 4.79 Å². The lowest BCUT2D eigenvalue weighted by molar-refractivity contribution is -0.131. The fourth-order valence-electron chi connectivity index (χ4n) is 1.54. The minimum Gasteiger partial charge on any atom is -0.427 e. The second-order valence-corrected chi connectivity index (χ2v) is 4.75. The zero-order chi connectivity index (χ0) is 13.8. The standard InChI is InChI=1S/C14H10BrNO3/c1-9(17)19-13-4-2-10(3-5-13)14(18)11-6-12(15)8-16-7-11/h2-8H,1H3. The van der Waals surface area contributed by atoms with Crippen molar-refractivity contribution in [3.63, 3.8) is 0 Å². The number of hydrogen-bond acceptors (Lipinski definition) is 4. The maximum Gasteiger partial charge on any atom is 0.308 e. The van der Waals surface area contributed by atoms with Crippen LogP contribution < -0.4 is 4.74 Å². The molecule has 2 rings (SSSR count). The minimum atomic E-state index is -0.393. The molecule has 0 unspecified atom stereocenters. The summed E-state index contributed by atoms with van der Waals surface area (Å²) in [5, 5.41) is 0. The number of halogens is 1. The van der Waals surface area contributed by atoms with Crippen LogP contribution in [0, 0.1) is 0 Å². The van der Waals surface area contributed by atoms with Crippen LogP contribution in [0.2, 0.25) is 0 Å². The normalized spacial score (nSPS) is 10.0. The first-order valence-electron chi connectivity index (χ1n) is 5.50. The monoisotopic (exact) mass is 319 g/mol. The van der Waals surface area contributed by atoms with Gasteiger partial charge in [-0.3, -0.25) is 14.6 Å². The summed E-state index contributed by atoms with van der Waals surface area (Å²) in [6.45, 7) is 1.33. The number of ketones is 1. The van der Waals surface area contributed by atoms with E-state index in [0.29, 0.717) is 16.9 Å². The molecule has 4 nitrogen and oxygen atoms in total. The first-order valence-corrected chi connectivity index (χ1v) is 6.29. The molecule has 1 aromatic carbocycles. The zero-order valence-electron chi connectivity index (χ0n) is 10.1. The summed E-state index contributed by atoms with van der Waals surface area (Å²) in [4.78, 5) is 26.9. The topological polar surface area (TPSA) is 56.3 Å². The van der Waals surface area contributed by atoms with E-state index in [9.17, 15) is 9.59 Å². The molecule has 5 heteroatoms. The molecule has 0 aliphatic heterocycles. The maximum absolute atomic E-state index is 12.2. The van der Waals surface area contributed by atoms with E-state index in [1.165, 1.54) is 13.1 Å². The lowest BCUT2D eigenvalue weighted by Gasteiger charge is -2.04. The number of benzene rings is 1. The van der Waals surface area contributed by atoms with Crippen molar-refractivity contribution >= 4 is 27.7 Å². The summed E-state index contributed by atoms with van der Waals surface area (Å²) in [6, 6.07) is 8.10. The Labute approximate surface area is 118 Å². The molecule has 1 heterocycles. The number of pyridine rings is 1. The van der Waals surface area contributed by atoms with Crippen LogP contribution in [-0.4, -0.2) is 16.7 Å². The summed E-state index contributed by atoms with van der Waals surface area (Å²) in [5.41, 5.74) is 1.01. The highest BCUT2D eigenvalue weighted by Crippen LogP contribution is 2.17. The number of rotatable bonds is 3. The molecule has 2 aromatic rings. The Morgan fingerprint density at radius 2 is 1.79 bits per heavy atom. The van der Waals surface area contributed by atoms with Gasteiger partial charge < -0.3 is 4.74 Å². The smallest absolute Gasteiger partial charge is 0.308 e. The lowest BCUT2D eigenvalue weighted by Crippen LogP contribution is -2.04. The van der Waals surface area contributed by atoms with E-state index in [1.807, 2.05) is 0 Å². The van der Waals surface area contributed by atoms with Crippen molar-refractivity contribution < 1.29 is 14.3 Å². The molecular weight excluding hydrogens is 310 g/mol. The third-order valence-electron chi connectivity index (χ3n) is 2.35. The van der Waals surface area contributed by atoms with E-state index in [2.05, 4.69) is 20.9 Å². The fraction of sp³-hybridized carbons (Fsp3) is 0.0714. The summed E-state index contributed by atoms with van der Waals surface area (Å²) in [5.74, 6) is -0.116. The Morgan fingerprint density at radius 1 is 1.11 bits per heavy atom. The number of nitrogens with zero attached hydrogens (tertiary/aromatic N) is 1. The van der Waals surface area contributed by atoms with Gasteiger partial charge in [0.2, 0.25) is 0 Å². The van der Waals surface area contributed by atoms with E-state index >= 15 is 0 Å². The van der Waals surface area contributed by atoms with Gasteiger partial charge in [-0.1, -0.05) is 0 Å². The maximum atomic E-state index is 12.2. The number of carbonyl (C=O) groups is 2. The van der Waals surface area contributed by atoms with Gasteiger partial charge in [0.05, 0.1) is 0 Å². The van der Waals surface area contributed by atoms with Crippen molar-refractivity contribution in [2.75, 3.05) is 0 Å². The molecule has 0 radical (unpaired) electrons. The van der Waals surface area contributed by atoms with Crippen LogP contribution in [0.15, 0.2) is 47.2 Å². The van der Waals surface area contributed by atoms with Gasteiger partial charge >= 0.3 is 5.97 Å². The van der Waals surface area contributed by atoms with Gasteiger partial charge in [-0.25, -0.2) is 0 Å². The van der Waals surface area contributed by atoms with Crippen molar-refractivity contribution in [1.82, 2.24) is 4.98 Å². The molecule has 0 saturated carbocycles. The molecule has 96 valence electrons. The van der Waals surface area contributed by atoms with E-state index in [1.54, 1.807) is 36.5 Å². The highest BCUT2D eigenvalue weighted by atomic mass is 79.9. The average molecular weight is 320 g/mol. The van der Waals surface area contributed by atoms with E-state index in [-0.39, 0.29) is 5.78 Å². The van der Waals surface area contributed by atoms with Crippen LogP contribution in [0.25, 0.3) is 0 Å². The summed E-state index contributed by atoms with van der Waals surface area (Å²) in [7, 11) is 0. The SMILES string of the molecule is CC(=O)Oc1ccc(C(=O)c2cncc(Br)c2)cc1. The minimum absolute atomic E-state index is 0.136. The van der Waals surface area contributed by atoms with Gasteiger partial charge in [-0.2, -0.15) is 0 Å². The van der Waals surface area contributed by atoms with Gasteiger partial charge in [0.25, 0.3) is 0 Å². The largest absolute Gasteiger partial charge is 0.427 e. The Bertz CT molecular complexity index is 623. The van der Waals surface area contributed by atoms with Crippen molar-refractivity contribution in [2.45, 2.75) is 6.92 Å². The summed E-state index contributed by atoms with van der Waals surface area (Å²) < 4.78 is 5.65. The number of esters is 1. The van der Waals surface area contributed by atoms with Crippen LogP contribution in [0.4, 0.5) is 0 Å². The van der Waals surface area contributed by atoms with Crippen molar-refractivity contribution in [1.29, 1.82) is 0 Å². The summed E-state index contributed by atoms with van der Waals surface area (Å²) in [6.07, 6.45) is 3.12. The molecule has 0 fully saturated rings. The highest BCUT2D eigenvalue weighted by molar-refractivity contribution is 9.10. The van der Waals surface area contributed by atoms with Crippen LogP contribution in [0.3, 0.4) is 0 Å². The average Bonchev–Trinajstić information content (AvgIpc) is 2.38. The third-order valence-corrected chi connectivity index (χ3v) is 2.78. The molecule has 1 aromatic heterocycles. The second kappa shape index (κ2) is 5.75. The van der Waals surface area contributed by atoms with Crippen LogP contribution in [0.5, 0.6) is 5.75 Å². The predicted molar refractivity (Wildman–Crippen MR) is 73.1 cm³/mol. The number of ether oxygens (including phenoxy) is 1. The Kier molecular flexibility index (Phi) is 4.06. The Balaban J connectivity index is 2.22. The lowest BCUT2D eigenvalue weighted by atomic mass is 10.1. The first kappa shape index (κ1) is 13.4. The number of aromatic nitrogens is 1. The molecule has 0 spiro atoms. The first-order chi connectivity index (χ1) is 9.06. The van der Waals surface area contributed by atoms with Crippen LogP contribution >= 0.6 is 15.9 Å². The molecule has 0 aliphatic carbocycles. The third kappa shape index (κ3) is 3.48. The molecule has 0 amide bonds. The predicted octanol–water partition coefficient (Wildman–Crippen LogP) is 3.00. The molecule has 0 atom stereocenters. The van der Waals surface area contributed by atoms with Gasteiger partial charge in [0, 0.05) is 34.9 Å². The molecule has 0 aliphatic rings. The van der Waals surface area contributed by atoms with Gasteiger partial charge in [-0.15, -0.1) is 0 Å². The van der Waals surface area contributed by atoms with Gasteiger partial charge in [0.15, 0.2) is 5.78 Å². The molecule has 19 heavy (non-hydrogen) atoms. The molecular formula is C14H10BrNO3. The van der Waals surface area contributed by atoms with E-state index in [0.717, 1.165) is 4.47 Å². The number of carbonyl (C=O) groups excluding carboxylic acids is 2. The molecule has 0 N–H and O–H groups in total. The number of hydrogen-bond donors (Lipinski definition) is 0. The zero-order valence-corrected chi connectivity index (χ0v) is 11.7. The van der Waals surface area contributed by atoms with E-state index in [4.69, 9.17) is 4.74 Å². The Morgan fingerprint density at radius 3 is 2.37 bits per heavy atom. The Hall–Kier alpha value is -2.01. The van der Waals surface area contributed by atoms with E-state index < -0.39 is 5.97 Å². The van der Waals surface area contributed by atoms with Crippen molar-refractivity contribution in [3.05, 3.63) is 58.3 Å². The fourth-order valence-corrected chi connectivity index (χ4v) is 1.91. The van der Waals surface area contributed by atoms with Gasteiger partial charge in [0.1, 0.15) is 5.75 Å². The van der Waals surface area contributed by atoms with Gasteiger partial charge in [-0.05, 0) is 46.3 Å². The van der Waals surface area contributed by atoms with Crippen molar-refractivity contribution in [2.24, 2.45) is 0 Å². The molecule has 0 saturated heterocycles. The quantitative estimate of drug-likeness (QED) is 0.496. The van der Waals surface area contributed by atoms with Crippen LogP contribution in [0.1, 0.15) is 22.8 Å². The molecule has 0 bridgehead atoms. The highest BCUT2D eigenvalue weighted by Gasteiger charge is 2.10. The summed E-state index contributed by atoms with van der Waals surface area (Å²) >= 11 is 3.27. The van der Waals surface area contributed by atoms with Crippen molar-refractivity contribution in [3.8, 4) is 5.75 Å². The second-order valence-electron chi connectivity index (χ2n) is 3.84.